The van der Waals surface area contributed by atoms with Crippen LogP contribution < -0.4 is 5.73 Å². The average molecular weight is 163 g/mol. The third-order valence-electron chi connectivity index (χ3n) is 1.41. The Labute approximate surface area is 70.2 Å². The maximum atomic E-state index is 10.6. The van der Waals surface area contributed by atoms with Crippen LogP contribution >= 0.6 is 0 Å². The molecule has 62 valence electrons. The molecule has 0 aromatic heterocycles. The van der Waals surface area contributed by atoms with Crippen LogP contribution in [0.5, 0.6) is 0 Å². The van der Waals surface area contributed by atoms with Gasteiger partial charge in [-0.2, -0.15) is 0 Å². The maximum Gasteiger partial charge on any atom is 0.337 e. The molecule has 0 amide bonds. The number of allylic oxidation sites excluding steroid dienone is 6. The van der Waals surface area contributed by atoms with Gasteiger partial charge in [-0.15, -0.1) is 0 Å². The van der Waals surface area contributed by atoms with Crippen LogP contribution in [0.2, 0.25) is 0 Å². The standard InChI is InChI=1S/C9H9NO2/c10-8-6-4-2-1-3-5-7(8)9(11)12/h1-6H,10H2,(H,11,12)/b2-1?,3-1-,4-2-,5-3?,6-4?,7-5+,8-6+,8-7?. The van der Waals surface area contributed by atoms with E-state index in [-0.39, 0.29) is 11.3 Å². The normalized spacial score (nSPS) is 30.0. The van der Waals surface area contributed by atoms with Crippen LogP contribution in [-0.4, -0.2) is 11.1 Å². The van der Waals surface area contributed by atoms with E-state index in [9.17, 15) is 4.79 Å². The van der Waals surface area contributed by atoms with E-state index in [1.807, 2.05) is 0 Å². The minimum absolute atomic E-state index is 0.121. The Bertz CT molecular complexity index is 308. The third-order valence-corrected chi connectivity index (χ3v) is 1.41. The molecular weight excluding hydrogens is 154 g/mol. The van der Waals surface area contributed by atoms with Gasteiger partial charge in [0, 0.05) is 5.70 Å². The van der Waals surface area contributed by atoms with Gasteiger partial charge in [-0.1, -0.05) is 24.3 Å². The number of hydrogen-bond donors (Lipinski definition) is 2. The molecule has 0 bridgehead atoms. The predicted molar refractivity (Wildman–Crippen MR) is 46.3 cm³/mol. The van der Waals surface area contributed by atoms with Gasteiger partial charge in [0.2, 0.25) is 0 Å². The number of nitrogens with two attached hydrogens (primary N) is 1. The number of carboxylic acids is 1. The van der Waals surface area contributed by atoms with Crippen LogP contribution in [0.25, 0.3) is 0 Å². The third kappa shape index (κ3) is 1.85. The molecule has 0 radical (unpaired) electrons. The fraction of sp³-hybridized carbons (Fsp3) is 0. The van der Waals surface area contributed by atoms with Crippen LogP contribution in [-0.2, 0) is 4.79 Å². The summed E-state index contributed by atoms with van der Waals surface area (Å²) in [7, 11) is 0. The van der Waals surface area contributed by atoms with E-state index in [0.29, 0.717) is 0 Å². The van der Waals surface area contributed by atoms with E-state index in [1.165, 1.54) is 6.08 Å². The second-order valence-electron chi connectivity index (χ2n) is 2.28. The highest BCUT2D eigenvalue weighted by atomic mass is 16.4. The van der Waals surface area contributed by atoms with Crippen molar-refractivity contribution >= 4 is 5.97 Å². The Hall–Kier alpha value is -1.77. The zero-order valence-corrected chi connectivity index (χ0v) is 6.40. The molecule has 1 rings (SSSR count). The van der Waals surface area contributed by atoms with E-state index < -0.39 is 5.97 Å². The van der Waals surface area contributed by atoms with Crippen molar-refractivity contribution in [2.24, 2.45) is 5.73 Å². The number of aliphatic carboxylic acids is 1. The molecule has 1 aliphatic rings. The monoisotopic (exact) mass is 163 g/mol. The van der Waals surface area contributed by atoms with Crippen molar-refractivity contribution in [2.45, 2.75) is 0 Å². The van der Waals surface area contributed by atoms with Crippen molar-refractivity contribution in [3.8, 4) is 0 Å². The van der Waals surface area contributed by atoms with Gasteiger partial charge in [0.15, 0.2) is 0 Å². The Morgan fingerprint density at radius 3 is 2.33 bits per heavy atom. The number of hydrogen-bond acceptors (Lipinski definition) is 2. The van der Waals surface area contributed by atoms with Crippen LogP contribution in [0.15, 0.2) is 47.7 Å². The quantitative estimate of drug-likeness (QED) is 0.605. The zero-order valence-electron chi connectivity index (χ0n) is 6.40. The van der Waals surface area contributed by atoms with Gasteiger partial charge in [0.25, 0.3) is 0 Å². The summed E-state index contributed by atoms with van der Waals surface area (Å²) in [4.78, 5) is 10.6. The molecule has 0 aromatic carbocycles. The molecule has 0 saturated carbocycles. The van der Waals surface area contributed by atoms with Gasteiger partial charge >= 0.3 is 5.97 Å². The smallest absolute Gasteiger partial charge is 0.337 e. The predicted octanol–water partition coefficient (Wildman–Crippen LogP) is 0.966. The van der Waals surface area contributed by atoms with Crippen LogP contribution in [0.4, 0.5) is 0 Å². The Morgan fingerprint density at radius 1 is 1.17 bits per heavy atom. The second kappa shape index (κ2) is 3.57. The van der Waals surface area contributed by atoms with Gasteiger partial charge in [0.1, 0.15) is 0 Å². The SMILES string of the molecule is NC1=C/C=C\C=C/C=C\1C(=O)O. The minimum Gasteiger partial charge on any atom is -0.478 e. The lowest BCUT2D eigenvalue weighted by Gasteiger charge is -2.00. The summed E-state index contributed by atoms with van der Waals surface area (Å²) in [5.41, 5.74) is 5.86. The zero-order chi connectivity index (χ0) is 8.97. The summed E-state index contributed by atoms with van der Waals surface area (Å²) in [5.74, 6) is -1.01. The summed E-state index contributed by atoms with van der Waals surface area (Å²) in [6.45, 7) is 0. The number of carbonyl (C=O) groups is 1. The molecule has 0 unspecified atom stereocenters. The molecule has 0 heterocycles. The van der Waals surface area contributed by atoms with E-state index in [1.54, 1.807) is 30.4 Å². The van der Waals surface area contributed by atoms with E-state index in [0.717, 1.165) is 0 Å². The Morgan fingerprint density at radius 2 is 1.75 bits per heavy atom. The van der Waals surface area contributed by atoms with Gasteiger partial charge in [0.05, 0.1) is 5.57 Å². The molecule has 3 heteroatoms. The van der Waals surface area contributed by atoms with Crippen LogP contribution in [0.3, 0.4) is 0 Å². The molecule has 12 heavy (non-hydrogen) atoms. The highest BCUT2D eigenvalue weighted by molar-refractivity contribution is 5.92. The van der Waals surface area contributed by atoms with Crippen molar-refractivity contribution in [3.63, 3.8) is 0 Å². The summed E-state index contributed by atoms with van der Waals surface area (Å²) in [5, 5.41) is 8.68. The molecule has 0 aliphatic heterocycles. The summed E-state index contributed by atoms with van der Waals surface area (Å²) < 4.78 is 0. The summed E-state index contributed by atoms with van der Waals surface area (Å²) in [6.07, 6.45) is 9.89. The highest BCUT2D eigenvalue weighted by Crippen LogP contribution is 2.06. The van der Waals surface area contributed by atoms with Crippen molar-refractivity contribution < 1.29 is 9.90 Å². The average Bonchev–Trinajstić information content (AvgIpc) is 1.96. The molecule has 0 atom stereocenters. The molecule has 1 aliphatic carbocycles. The highest BCUT2D eigenvalue weighted by Gasteiger charge is 2.08. The maximum absolute atomic E-state index is 10.6. The first-order valence-corrected chi connectivity index (χ1v) is 3.46. The minimum atomic E-state index is -1.01. The van der Waals surface area contributed by atoms with Crippen molar-refractivity contribution in [1.82, 2.24) is 0 Å². The van der Waals surface area contributed by atoms with Crippen LogP contribution in [0, 0.1) is 0 Å². The van der Waals surface area contributed by atoms with Crippen molar-refractivity contribution in [1.29, 1.82) is 0 Å². The molecule has 3 nitrogen and oxygen atoms in total. The molecule has 0 fully saturated rings. The second-order valence-corrected chi connectivity index (χ2v) is 2.28. The Kier molecular flexibility index (Phi) is 2.48. The Balaban J connectivity index is 3.03. The first-order chi connectivity index (χ1) is 5.72. The molecule has 3 N–H and O–H groups in total. The van der Waals surface area contributed by atoms with E-state index >= 15 is 0 Å². The topological polar surface area (TPSA) is 63.3 Å². The fourth-order valence-corrected chi connectivity index (χ4v) is 0.820. The van der Waals surface area contributed by atoms with Crippen molar-refractivity contribution in [2.75, 3.05) is 0 Å². The number of rotatable bonds is 1. The van der Waals surface area contributed by atoms with E-state index in [2.05, 4.69) is 0 Å². The van der Waals surface area contributed by atoms with Gasteiger partial charge in [-0.05, 0) is 12.2 Å². The molecule has 0 spiro atoms. The molecular formula is C9H9NO2. The number of carboxylic acid groups (broad SMARTS) is 1. The van der Waals surface area contributed by atoms with Crippen LogP contribution in [0.1, 0.15) is 0 Å². The molecule has 0 saturated heterocycles. The largest absolute Gasteiger partial charge is 0.478 e. The van der Waals surface area contributed by atoms with Gasteiger partial charge in [-0.3, -0.25) is 0 Å². The van der Waals surface area contributed by atoms with Gasteiger partial charge < -0.3 is 10.8 Å². The fourth-order valence-electron chi connectivity index (χ4n) is 0.820. The van der Waals surface area contributed by atoms with E-state index in [4.69, 9.17) is 10.8 Å². The lowest BCUT2D eigenvalue weighted by atomic mass is 10.1. The lowest BCUT2D eigenvalue weighted by Crippen LogP contribution is -2.10. The summed E-state index contributed by atoms with van der Waals surface area (Å²) in [6, 6.07) is 0. The van der Waals surface area contributed by atoms with Gasteiger partial charge in [-0.25, -0.2) is 4.79 Å². The first kappa shape index (κ1) is 8.33. The van der Waals surface area contributed by atoms with Crippen molar-refractivity contribution in [3.05, 3.63) is 47.7 Å². The lowest BCUT2D eigenvalue weighted by molar-refractivity contribution is -0.132. The summed E-state index contributed by atoms with van der Waals surface area (Å²) >= 11 is 0. The molecule has 0 aromatic rings. The first-order valence-electron chi connectivity index (χ1n) is 3.46.